The number of rotatable bonds is 1. The van der Waals surface area contributed by atoms with Gasteiger partial charge in [0.05, 0.1) is 11.4 Å². The Hall–Kier alpha value is -1.77. The van der Waals surface area contributed by atoms with Crippen molar-refractivity contribution in [3.63, 3.8) is 0 Å². The SMILES string of the molecule is Cc1ccc(C2=NN=C3CC(=O)CC3C2)cc1. The van der Waals surface area contributed by atoms with Crippen LogP contribution >= 0.6 is 0 Å². The highest BCUT2D eigenvalue weighted by Crippen LogP contribution is 2.28. The van der Waals surface area contributed by atoms with Crippen LogP contribution in [0.1, 0.15) is 30.4 Å². The second-order valence-corrected chi connectivity index (χ2v) is 4.82. The molecule has 86 valence electrons. The summed E-state index contributed by atoms with van der Waals surface area (Å²) in [7, 11) is 0. The van der Waals surface area contributed by atoms with Gasteiger partial charge >= 0.3 is 0 Å². The van der Waals surface area contributed by atoms with E-state index in [1.807, 2.05) is 0 Å². The fraction of sp³-hybridized carbons (Fsp3) is 0.357. The van der Waals surface area contributed by atoms with Crippen molar-refractivity contribution in [1.82, 2.24) is 0 Å². The van der Waals surface area contributed by atoms with Crippen LogP contribution in [0.4, 0.5) is 0 Å². The number of hydrogen-bond acceptors (Lipinski definition) is 3. The van der Waals surface area contributed by atoms with Crippen LogP contribution in [0, 0.1) is 12.8 Å². The highest BCUT2D eigenvalue weighted by molar-refractivity contribution is 6.14. The molecule has 1 atom stereocenters. The molecule has 1 fully saturated rings. The first-order valence-electron chi connectivity index (χ1n) is 5.94. The summed E-state index contributed by atoms with van der Waals surface area (Å²) in [6.45, 7) is 2.07. The third-order valence-electron chi connectivity index (χ3n) is 3.45. The van der Waals surface area contributed by atoms with E-state index in [0.717, 1.165) is 23.4 Å². The topological polar surface area (TPSA) is 41.8 Å². The van der Waals surface area contributed by atoms with Gasteiger partial charge in [0.15, 0.2) is 0 Å². The highest BCUT2D eigenvalue weighted by Gasteiger charge is 2.32. The van der Waals surface area contributed by atoms with Crippen LogP contribution in [-0.4, -0.2) is 17.2 Å². The number of benzene rings is 1. The van der Waals surface area contributed by atoms with Crippen molar-refractivity contribution in [1.29, 1.82) is 0 Å². The summed E-state index contributed by atoms with van der Waals surface area (Å²) in [5, 5.41) is 8.46. The van der Waals surface area contributed by atoms with Crippen LogP contribution < -0.4 is 0 Å². The highest BCUT2D eigenvalue weighted by atomic mass is 16.1. The van der Waals surface area contributed by atoms with Gasteiger partial charge in [-0.1, -0.05) is 29.8 Å². The van der Waals surface area contributed by atoms with Gasteiger partial charge in [-0.25, -0.2) is 0 Å². The molecule has 3 rings (SSSR count). The van der Waals surface area contributed by atoms with E-state index < -0.39 is 0 Å². The van der Waals surface area contributed by atoms with Gasteiger partial charge in [-0.15, -0.1) is 0 Å². The van der Waals surface area contributed by atoms with Crippen LogP contribution in [-0.2, 0) is 4.79 Å². The molecule has 1 aliphatic heterocycles. The Kier molecular flexibility index (Phi) is 2.39. The number of aryl methyl sites for hydroxylation is 1. The maximum Gasteiger partial charge on any atom is 0.139 e. The first-order valence-corrected chi connectivity index (χ1v) is 5.94. The number of hydrogen-bond donors (Lipinski definition) is 0. The Labute approximate surface area is 100 Å². The van der Waals surface area contributed by atoms with E-state index in [2.05, 4.69) is 41.4 Å². The molecule has 1 heterocycles. The molecule has 1 aliphatic carbocycles. The lowest BCUT2D eigenvalue weighted by molar-refractivity contribution is -0.117. The summed E-state index contributed by atoms with van der Waals surface area (Å²) in [5.74, 6) is 0.602. The molecule has 17 heavy (non-hydrogen) atoms. The van der Waals surface area contributed by atoms with Crippen molar-refractivity contribution in [2.75, 3.05) is 0 Å². The zero-order valence-electron chi connectivity index (χ0n) is 9.81. The molecular formula is C14H14N2O. The maximum absolute atomic E-state index is 11.4. The number of carbonyl (C=O) groups is 1. The van der Waals surface area contributed by atoms with E-state index in [4.69, 9.17) is 0 Å². The minimum Gasteiger partial charge on any atom is -0.299 e. The van der Waals surface area contributed by atoms with Crippen molar-refractivity contribution < 1.29 is 4.79 Å². The number of carbonyl (C=O) groups excluding carboxylic acids is 1. The van der Waals surface area contributed by atoms with E-state index >= 15 is 0 Å². The molecule has 1 saturated carbocycles. The van der Waals surface area contributed by atoms with Gasteiger partial charge in [0, 0.05) is 25.2 Å². The molecule has 0 aromatic heterocycles. The second-order valence-electron chi connectivity index (χ2n) is 4.82. The minimum absolute atomic E-state index is 0.300. The molecule has 0 N–H and O–H groups in total. The van der Waals surface area contributed by atoms with Crippen molar-refractivity contribution >= 4 is 17.2 Å². The van der Waals surface area contributed by atoms with Gasteiger partial charge in [0.25, 0.3) is 0 Å². The molecule has 2 aliphatic rings. The quantitative estimate of drug-likeness (QED) is 0.725. The normalized spacial score (nSPS) is 23.1. The molecule has 3 heteroatoms. The Bertz CT molecular complexity index is 526. The van der Waals surface area contributed by atoms with Crippen LogP contribution in [0.2, 0.25) is 0 Å². The number of ketones is 1. The van der Waals surface area contributed by atoms with Crippen molar-refractivity contribution in [2.24, 2.45) is 16.1 Å². The predicted molar refractivity (Wildman–Crippen MR) is 67.5 cm³/mol. The van der Waals surface area contributed by atoms with Gasteiger partial charge in [0.2, 0.25) is 0 Å². The molecule has 0 radical (unpaired) electrons. The average molecular weight is 226 g/mol. The van der Waals surface area contributed by atoms with Crippen LogP contribution in [0.5, 0.6) is 0 Å². The standard InChI is InChI=1S/C14H14N2O/c1-9-2-4-10(5-3-9)13-7-11-6-12(17)8-14(11)16-15-13/h2-5,11H,6-8H2,1H3. The van der Waals surface area contributed by atoms with Crippen molar-refractivity contribution in [2.45, 2.75) is 26.2 Å². The zero-order chi connectivity index (χ0) is 11.8. The Morgan fingerprint density at radius 1 is 1.12 bits per heavy atom. The first kappa shape index (κ1) is 10.4. The lowest BCUT2D eigenvalue weighted by atomic mass is 9.94. The zero-order valence-corrected chi connectivity index (χ0v) is 9.81. The summed E-state index contributed by atoms with van der Waals surface area (Å²) >= 11 is 0. The second kappa shape index (κ2) is 3.91. The lowest BCUT2D eigenvalue weighted by Gasteiger charge is -2.15. The molecule has 0 spiro atoms. The fourth-order valence-corrected chi connectivity index (χ4v) is 2.44. The van der Waals surface area contributed by atoms with Gasteiger partial charge in [0.1, 0.15) is 5.78 Å². The van der Waals surface area contributed by atoms with E-state index in [0.29, 0.717) is 24.5 Å². The molecule has 0 amide bonds. The molecule has 3 nitrogen and oxygen atoms in total. The van der Waals surface area contributed by atoms with Gasteiger partial charge in [-0.05, 0) is 12.5 Å². The lowest BCUT2D eigenvalue weighted by Crippen LogP contribution is -2.17. The Morgan fingerprint density at radius 2 is 1.88 bits per heavy atom. The van der Waals surface area contributed by atoms with Crippen molar-refractivity contribution in [3.8, 4) is 0 Å². The molecule has 1 aromatic rings. The Balaban J connectivity index is 1.88. The number of Topliss-reactive ketones (excluding diaryl/α,β-unsaturated/α-hetero) is 1. The van der Waals surface area contributed by atoms with E-state index in [-0.39, 0.29) is 0 Å². The number of nitrogens with zero attached hydrogens (tertiary/aromatic N) is 2. The maximum atomic E-state index is 11.4. The van der Waals surface area contributed by atoms with Crippen molar-refractivity contribution in [3.05, 3.63) is 35.4 Å². The molecule has 1 unspecified atom stereocenters. The van der Waals surface area contributed by atoms with Crippen LogP contribution in [0.3, 0.4) is 0 Å². The smallest absolute Gasteiger partial charge is 0.139 e. The van der Waals surface area contributed by atoms with E-state index in [1.165, 1.54) is 5.56 Å². The molecule has 1 aromatic carbocycles. The summed E-state index contributed by atoms with van der Waals surface area (Å²) in [6.07, 6.45) is 2.01. The first-order chi connectivity index (χ1) is 8.22. The Morgan fingerprint density at radius 3 is 2.65 bits per heavy atom. The number of fused-ring (bicyclic) bond motifs is 1. The third-order valence-corrected chi connectivity index (χ3v) is 3.45. The minimum atomic E-state index is 0.300. The summed E-state index contributed by atoms with van der Waals surface area (Å²) in [4.78, 5) is 11.4. The third kappa shape index (κ3) is 1.93. The fourth-order valence-electron chi connectivity index (χ4n) is 2.44. The van der Waals surface area contributed by atoms with Gasteiger partial charge < -0.3 is 0 Å². The molecular weight excluding hydrogens is 212 g/mol. The monoisotopic (exact) mass is 226 g/mol. The summed E-state index contributed by atoms with van der Waals surface area (Å²) in [6, 6.07) is 8.31. The molecule has 0 saturated heterocycles. The summed E-state index contributed by atoms with van der Waals surface area (Å²) in [5.41, 5.74) is 4.35. The molecule has 0 bridgehead atoms. The largest absolute Gasteiger partial charge is 0.299 e. The summed E-state index contributed by atoms with van der Waals surface area (Å²) < 4.78 is 0. The van der Waals surface area contributed by atoms with Gasteiger partial charge in [-0.2, -0.15) is 10.2 Å². The average Bonchev–Trinajstić information content (AvgIpc) is 2.69. The van der Waals surface area contributed by atoms with E-state index in [1.54, 1.807) is 0 Å². The predicted octanol–water partition coefficient (Wildman–Crippen LogP) is 2.52. The van der Waals surface area contributed by atoms with Crippen LogP contribution in [0.25, 0.3) is 0 Å². The van der Waals surface area contributed by atoms with E-state index in [9.17, 15) is 4.79 Å². The van der Waals surface area contributed by atoms with Crippen LogP contribution in [0.15, 0.2) is 34.5 Å². The van der Waals surface area contributed by atoms with Gasteiger partial charge in [-0.3, -0.25) is 4.79 Å².